The zero-order chi connectivity index (χ0) is 22.5. The Kier molecular flexibility index (Phi) is 6.42. The third kappa shape index (κ3) is 5.09. The van der Waals surface area contributed by atoms with Crippen molar-refractivity contribution in [1.82, 2.24) is 20.3 Å². The first-order chi connectivity index (χ1) is 15.5. The van der Waals surface area contributed by atoms with Gasteiger partial charge in [0.1, 0.15) is 16.8 Å². The van der Waals surface area contributed by atoms with Crippen molar-refractivity contribution in [3.8, 4) is 11.4 Å². The van der Waals surface area contributed by atoms with Gasteiger partial charge in [-0.3, -0.25) is 10.1 Å². The van der Waals surface area contributed by atoms with Crippen LogP contribution in [0.4, 0.5) is 5.69 Å². The smallest absolute Gasteiger partial charge is 0.257 e. The number of para-hydroxylation sites is 1. The highest BCUT2D eigenvalue weighted by molar-refractivity contribution is 7.80. The van der Waals surface area contributed by atoms with E-state index < -0.39 is 0 Å². The van der Waals surface area contributed by atoms with E-state index in [2.05, 4.69) is 27.8 Å². The van der Waals surface area contributed by atoms with E-state index in [9.17, 15) is 4.79 Å². The molecule has 162 valence electrons. The Balaban J connectivity index is 1.39. The molecule has 32 heavy (non-hydrogen) atoms. The molecule has 0 fully saturated rings. The van der Waals surface area contributed by atoms with Crippen LogP contribution < -0.4 is 15.4 Å². The average molecular weight is 446 g/mol. The molecule has 0 unspecified atom stereocenters. The second-order valence-electron chi connectivity index (χ2n) is 7.30. The minimum atomic E-state index is -0.298. The fourth-order valence-corrected chi connectivity index (χ4v) is 3.22. The largest absolute Gasteiger partial charge is 0.491 e. The lowest BCUT2D eigenvalue weighted by atomic mass is 10.2. The molecule has 0 saturated heterocycles. The Morgan fingerprint density at radius 3 is 2.47 bits per heavy atom. The summed E-state index contributed by atoms with van der Waals surface area (Å²) in [5.74, 6) is 0.433. The molecule has 1 atom stereocenters. The number of benzene rings is 3. The van der Waals surface area contributed by atoms with Gasteiger partial charge in [-0.2, -0.15) is 4.80 Å². The number of nitrogens with one attached hydrogen (secondary N) is 2. The van der Waals surface area contributed by atoms with E-state index in [1.54, 1.807) is 29.1 Å². The maximum absolute atomic E-state index is 12.5. The Labute approximate surface area is 191 Å². The van der Waals surface area contributed by atoms with E-state index in [-0.39, 0.29) is 17.1 Å². The van der Waals surface area contributed by atoms with Gasteiger partial charge >= 0.3 is 0 Å². The van der Waals surface area contributed by atoms with Crippen molar-refractivity contribution in [1.29, 1.82) is 0 Å². The van der Waals surface area contributed by atoms with Gasteiger partial charge in [0.25, 0.3) is 5.91 Å². The minimum absolute atomic E-state index is 0.123. The van der Waals surface area contributed by atoms with Gasteiger partial charge in [-0.1, -0.05) is 25.1 Å². The molecule has 4 aromatic rings. The standard InChI is InChI=1S/C24H23N5O2S/c1-3-16(2)31-20-12-9-17(10-13-20)23(30)26-24(32)25-18-11-14-21-22(15-18)28-29(27-21)19-7-5-4-6-8-19/h4-16H,3H2,1-2H3,(H2,25,26,30,32)/t16-/m0/s1. The summed E-state index contributed by atoms with van der Waals surface area (Å²) < 4.78 is 5.74. The molecule has 0 spiro atoms. The van der Waals surface area contributed by atoms with Crippen molar-refractivity contribution in [3.05, 3.63) is 78.4 Å². The summed E-state index contributed by atoms with van der Waals surface area (Å²) in [6.07, 6.45) is 1.04. The van der Waals surface area contributed by atoms with Crippen molar-refractivity contribution in [2.24, 2.45) is 0 Å². The van der Waals surface area contributed by atoms with Gasteiger partial charge in [0.05, 0.1) is 11.8 Å². The number of hydrogen-bond acceptors (Lipinski definition) is 5. The molecule has 0 aliphatic carbocycles. The number of carbonyl (C=O) groups excluding carboxylic acids is 1. The molecule has 8 heteroatoms. The molecule has 0 aliphatic heterocycles. The molecule has 1 amide bonds. The predicted molar refractivity (Wildman–Crippen MR) is 129 cm³/mol. The van der Waals surface area contributed by atoms with E-state index in [0.29, 0.717) is 16.8 Å². The molecule has 4 rings (SSSR count). The first-order valence-electron chi connectivity index (χ1n) is 10.3. The summed E-state index contributed by atoms with van der Waals surface area (Å²) in [6.45, 7) is 4.06. The van der Waals surface area contributed by atoms with Crippen LogP contribution in [0.1, 0.15) is 30.6 Å². The van der Waals surface area contributed by atoms with Gasteiger partial charge in [-0.25, -0.2) is 0 Å². The number of rotatable bonds is 6. The highest BCUT2D eigenvalue weighted by atomic mass is 32.1. The maximum atomic E-state index is 12.5. The quantitative estimate of drug-likeness (QED) is 0.418. The molecule has 0 aliphatic rings. The number of amides is 1. The van der Waals surface area contributed by atoms with Crippen LogP contribution in [0.3, 0.4) is 0 Å². The first kappa shape index (κ1) is 21.5. The Bertz CT molecular complexity index is 1240. The SMILES string of the molecule is CC[C@H](C)Oc1ccc(C(=O)NC(=S)Nc2ccc3nn(-c4ccccc4)nc3c2)cc1. The second kappa shape index (κ2) is 9.57. The summed E-state index contributed by atoms with van der Waals surface area (Å²) >= 11 is 5.31. The van der Waals surface area contributed by atoms with E-state index >= 15 is 0 Å². The zero-order valence-electron chi connectivity index (χ0n) is 17.8. The number of ether oxygens (including phenoxy) is 1. The summed E-state index contributed by atoms with van der Waals surface area (Å²) in [6, 6.07) is 22.2. The fourth-order valence-electron chi connectivity index (χ4n) is 3.01. The van der Waals surface area contributed by atoms with Crippen molar-refractivity contribution >= 4 is 40.0 Å². The van der Waals surface area contributed by atoms with E-state index in [1.807, 2.05) is 55.5 Å². The third-order valence-corrected chi connectivity index (χ3v) is 5.09. The number of nitrogens with zero attached hydrogens (tertiary/aromatic N) is 3. The molecule has 0 radical (unpaired) electrons. The normalized spacial score (nSPS) is 11.7. The summed E-state index contributed by atoms with van der Waals surface area (Å²) in [5, 5.41) is 14.9. The maximum Gasteiger partial charge on any atom is 0.257 e. The molecule has 3 aromatic carbocycles. The van der Waals surface area contributed by atoms with Crippen molar-refractivity contribution in [2.75, 3.05) is 5.32 Å². The summed E-state index contributed by atoms with van der Waals surface area (Å²) in [5.41, 5.74) is 3.55. The summed E-state index contributed by atoms with van der Waals surface area (Å²) in [7, 11) is 0. The van der Waals surface area contributed by atoms with Crippen LogP contribution in [-0.4, -0.2) is 32.1 Å². The van der Waals surface area contributed by atoms with Crippen molar-refractivity contribution in [2.45, 2.75) is 26.4 Å². The number of anilines is 1. The lowest BCUT2D eigenvalue weighted by Gasteiger charge is -2.13. The number of carbonyl (C=O) groups is 1. The molecular formula is C24H23N5O2S. The average Bonchev–Trinajstić information content (AvgIpc) is 3.23. The van der Waals surface area contributed by atoms with E-state index in [0.717, 1.165) is 23.4 Å². The van der Waals surface area contributed by atoms with Gasteiger partial charge in [-0.15, -0.1) is 10.2 Å². The topological polar surface area (TPSA) is 81.1 Å². The Morgan fingerprint density at radius 1 is 1.03 bits per heavy atom. The van der Waals surface area contributed by atoms with Gasteiger partial charge in [0.15, 0.2) is 5.11 Å². The lowest BCUT2D eigenvalue weighted by Crippen LogP contribution is -2.34. The zero-order valence-corrected chi connectivity index (χ0v) is 18.6. The van der Waals surface area contributed by atoms with E-state index in [1.165, 1.54) is 0 Å². The van der Waals surface area contributed by atoms with Gasteiger partial charge in [0, 0.05) is 11.3 Å². The van der Waals surface area contributed by atoms with Crippen LogP contribution in [0.5, 0.6) is 5.75 Å². The highest BCUT2D eigenvalue weighted by Gasteiger charge is 2.10. The van der Waals surface area contributed by atoms with Crippen LogP contribution in [0.25, 0.3) is 16.7 Å². The van der Waals surface area contributed by atoms with Crippen molar-refractivity contribution in [3.63, 3.8) is 0 Å². The van der Waals surface area contributed by atoms with Gasteiger partial charge < -0.3 is 10.1 Å². The molecule has 1 aromatic heterocycles. The second-order valence-corrected chi connectivity index (χ2v) is 7.71. The molecule has 0 bridgehead atoms. The Morgan fingerprint density at radius 2 is 1.75 bits per heavy atom. The molecule has 1 heterocycles. The predicted octanol–water partition coefficient (Wildman–Crippen LogP) is 4.72. The van der Waals surface area contributed by atoms with Crippen molar-refractivity contribution < 1.29 is 9.53 Å². The van der Waals surface area contributed by atoms with Crippen LogP contribution >= 0.6 is 12.2 Å². The first-order valence-corrected chi connectivity index (χ1v) is 10.7. The van der Waals surface area contributed by atoms with Gasteiger partial charge in [0.2, 0.25) is 0 Å². The third-order valence-electron chi connectivity index (χ3n) is 4.88. The summed E-state index contributed by atoms with van der Waals surface area (Å²) in [4.78, 5) is 14.1. The number of thiocarbonyl (C=S) groups is 1. The molecule has 0 saturated carbocycles. The molecular weight excluding hydrogens is 422 g/mol. The lowest BCUT2D eigenvalue weighted by molar-refractivity contribution is 0.0977. The minimum Gasteiger partial charge on any atom is -0.491 e. The molecule has 2 N–H and O–H groups in total. The number of fused-ring (bicyclic) bond motifs is 1. The van der Waals surface area contributed by atoms with Crippen LogP contribution in [0, 0.1) is 0 Å². The van der Waals surface area contributed by atoms with Crippen LogP contribution in [0.15, 0.2) is 72.8 Å². The fraction of sp³-hybridized carbons (Fsp3) is 0.167. The number of hydrogen-bond donors (Lipinski definition) is 2. The van der Waals surface area contributed by atoms with Crippen LogP contribution in [0.2, 0.25) is 0 Å². The highest BCUT2D eigenvalue weighted by Crippen LogP contribution is 2.18. The number of aromatic nitrogens is 3. The molecule has 7 nitrogen and oxygen atoms in total. The Hall–Kier alpha value is -3.78. The monoisotopic (exact) mass is 445 g/mol. The van der Waals surface area contributed by atoms with Crippen LogP contribution in [-0.2, 0) is 0 Å². The van der Waals surface area contributed by atoms with E-state index in [4.69, 9.17) is 17.0 Å². The van der Waals surface area contributed by atoms with Gasteiger partial charge in [-0.05, 0) is 80.2 Å².